The molecule has 0 radical (unpaired) electrons. The normalized spacial score (nSPS) is 15.5. The number of aromatic amines is 1. The fraction of sp³-hybridized carbons (Fsp3) is 0.263. The van der Waals surface area contributed by atoms with E-state index in [0.717, 1.165) is 29.6 Å². The molecule has 1 amide bonds. The monoisotopic (exact) mass is 305 g/mol. The summed E-state index contributed by atoms with van der Waals surface area (Å²) < 4.78 is 0. The maximum atomic E-state index is 12.9. The number of H-pyrrole nitrogens is 1. The Balaban J connectivity index is 1.62. The Morgan fingerprint density at radius 1 is 1.22 bits per heavy atom. The molecular weight excluding hydrogens is 286 g/mol. The van der Waals surface area contributed by atoms with Gasteiger partial charge in [-0.05, 0) is 49.1 Å². The van der Waals surface area contributed by atoms with Crippen LogP contribution in [0.4, 0.5) is 0 Å². The standard InChI is InChI=1S/C19H19N3O/c1-13-17(15-4-2-3-5-16(15)22-13)19(8-9-19)18(23)21-12-14-6-10-20-11-7-14/h2-7,10-11,22H,8-9,12H2,1H3,(H,21,23). The van der Waals surface area contributed by atoms with E-state index >= 15 is 0 Å². The van der Waals surface area contributed by atoms with Crippen molar-refractivity contribution in [3.05, 3.63) is 65.6 Å². The van der Waals surface area contributed by atoms with Crippen molar-refractivity contribution < 1.29 is 4.79 Å². The van der Waals surface area contributed by atoms with Crippen LogP contribution in [-0.2, 0) is 16.8 Å². The highest BCUT2D eigenvalue weighted by molar-refractivity contribution is 5.98. The molecule has 1 aliphatic carbocycles. The zero-order chi connectivity index (χ0) is 15.9. The molecule has 1 aliphatic rings. The Bertz CT molecular complexity index is 863. The van der Waals surface area contributed by atoms with Crippen LogP contribution >= 0.6 is 0 Å². The third-order valence-electron chi connectivity index (χ3n) is 4.76. The van der Waals surface area contributed by atoms with Gasteiger partial charge in [-0.25, -0.2) is 0 Å². The fourth-order valence-corrected chi connectivity index (χ4v) is 3.46. The van der Waals surface area contributed by atoms with Crippen LogP contribution in [0.1, 0.15) is 29.7 Å². The van der Waals surface area contributed by atoms with Gasteiger partial charge < -0.3 is 10.3 Å². The van der Waals surface area contributed by atoms with Crippen LogP contribution in [0.2, 0.25) is 0 Å². The number of rotatable bonds is 4. The molecule has 23 heavy (non-hydrogen) atoms. The molecule has 2 heterocycles. The average molecular weight is 305 g/mol. The predicted octanol–water partition coefficient (Wildman–Crippen LogP) is 3.22. The van der Waals surface area contributed by atoms with Gasteiger partial charge in [-0.3, -0.25) is 9.78 Å². The molecule has 1 fully saturated rings. The maximum absolute atomic E-state index is 12.9. The molecule has 0 unspecified atom stereocenters. The van der Waals surface area contributed by atoms with Gasteiger partial charge in [0, 0.05) is 35.5 Å². The minimum atomic E-state index is -0.364. The number of carbonyl (C=O) groups is 1. The highest BCUT2D eigenvalue weighted by Gasteiger charge is 2.53. The van der Waals surface area contributed by atoms with Crippen LogP contribution in [0.25, 0.3) is 10.9 Å². The molecule has 0 atom stereocenters. The van der Waals surface area contributed by atoms with Crippen molar-refractivity contribution >= 4 is 16.8 Å². The molecule has 1 saturated carbocycles. The largest absolute Gasteiger partial charge is 0.358 e. The summed E-state index contributed by atoms with van der Waals surface area (Å²) in [6.07, 6.45) is 5.33. The second kappa shape index (κ2) is 5.23. The highest BCUT2D eigenvalue weighted by atomic mass is 16.2. The number of nitrogens with one attached hydrogen (secondary N) is 2. The number of carbonyl (C=O) groups excluding carboxylic acids is 1. The molecule has 3 aromatic rings. The first-order valence-corrected chi connectivity index (χ1v) is 7.96. The van der Waals surface area contributed by atoms with Gasteiger partial charge in [-0.1, -0.05) is 18.2 Å². The Morgan fingerprint density at radius 3 is 2.70 bits per heavy atom. The summed E-state index contributed by atoms with van der Waals surface area (Å²) in [6.45, 7) is 2.61. The molecule has 1 aromatic carbocycles. The lowest BCUT2D eigenvalue weighted by Crippen LogP contribution is -2.34. The van der Waals surface area contributed by atoms with Crippen LogP contribution in [-0.4, -0.2) is 15.9 Å². The summed E-state index contributed by atoms with van der Waals surface area (Å²) >= 11 is 0. The van der Waals surface area contributed by atoms with Gasteiger partial charge in [0.05, 0.1) is 5.41 Å². The van der Waals surface area contributed by atoms with Gasteiger partial charge >= 0.3 is 0 Å². The fourth-order valence-electron chi connectivity index (χ4n) is 3.46. The van der Waals surface area contributed by atoms with E-state index in [1.54, 1.807) is 12.4 Å². The zero-order valence-electron chi connectivity index (χ0n) is 13.1. The second-order valence-electron chi connectivity index (χ2n) is 6.29. The Morgan fingerprint density at radius 2 is 1.96 bits per heavy atom. The molecule has 4 nitrogen and oxygen atoms in total. The van der Waals surface area contributed by atoms with Crippen molar-refractivity contribution in [2.75, 3.05) is 0 Å². The van der Waals surface area contributed by atoms with Gasteiger partial charge in [0.2, 0.25) is 5.91 Å². The topological polar surface area (TPSA) is 57.8 Å². The number of nitrogens with zero attached hydrogens (tertiary/aromatic N) is 1. The Hall–Kier alpha value is -2.62. The number of amides is 1. The van der Waals surface area contributed by atoms with E-state index in [-0.39, 0.29) is 11.3 Å². The van der Waals surface area contributed by atoms with Gasteiger partial charge in [-0.2, -0.15) is 0 Å². The second-order valence-corrected chi connectivity index (χ2v) is 6.29. The molecule has 2 N–H and O–H groups in total. The third kappa shape index (κ3) is 2.31. The van der Waals surface area contributed by atoms with Crippen LogP contribution < -0.4 is 5.32 Å². The van der Waals surface area contributed by atoms with Crippen LogP contribution in [0.15, 0.2) is 48.8 Å². The maximum Gasteiger partial charge on any atom is 0.231 e. The van der Waals surface area contributed by atoms with E-state index < -0.39 is 0 Å². The van der Waals surface area contributed by atoms with Crippen molar-refractivity contribution in [3.8, 4) is 0 Å². The first kappa shape index (κ1) is 14.0. The lowest BCUT2D eigenvalue weighted by molar-refractivity contribution is -0.123. The number of hydrogen-bond acceptors (Lipinski definition) is 2. The van der Waals surface area contributed by atoms with Crippen molar-refractivity contribution in [2.45, 2.75) is 31.7 Å². The summed E-state index contributed by atoms with van der Waals surface area (Å²) in [7, 11) is 0. The predicted molar refractivity (Wildman–Crippen MR) is 90.0 cm³/mol. The SMILES string of the molecule is Cc1[nH]c2ccccc2c1C1(C(=O)NCc2ccncc2)CC1. The number of hydrogen-bond donors (Lipinski definition) is 2. The van der Waals surface area contributed by atoms with E-state index in [0.29, 0.717) is 6.54 Å². The number of para-hydroxylation sites is 1. The van der Waals surface area contributed by atoms with Gasteiger partial charge in [-0.15, -0.1) is 0 Å². The molecule has 4 heteroatoms. The molecule has 4 rings (SSSR count). The minimum Gasteiger partial charge on any atom is -0.358 e. The zero-order valence-corrected chi connectivity index (χ0v) is 13.1. The first-order valence-electron chi connectivity index (χ1n) is 7.96. The average Bonchev–Trinajstić information content (AvgIpc) is 3.30. The van der Waals surface area contributed by atoms with Gasteiger partial charge in [0.15, 0.2) is 0 Å². The molecule has 116 valence electrons. The van der Waals surface area contributed by atoms with E-state index in [9.17, 15) is 4.79 Å². The molecule has 0 saturated heterocycles. The van der Waals surface area contributed by atoms with E-state index in [1.807, 2.05) is 24.3 Å². The number of pyridine rings is 1. The smallest absolute Gasteiger partial charge is 0.231 e. The van der Waals surface area contributed by atoms with E-state index in [2.05, 4.69) is 34.3 Å². The lowest BCUT2D eigenvalue weighted by atomic mass is 9.92. The summed E-state index contributed by atoms with van der Waals surface area (Å²) in [6, 6.07) is 12.1. The molecule has 0 aliphatic heterocycles. The summed E-state index contributed by atoms with van der Waals surface area (Å²) in [5.41, 5.74) is 4.08. The number of aromatic nitrogens is 2. The highest BCUT2D eigenvalue weighted by Crippen LogP contribution is 2.52. The number of aryl methyl sites for hydroxylation is 1. The number of fused-ring (bicyclic) bond motifs is 1. The van der Waals surface area contributed by atoms with E-state index in [4.69, 9.17) is 0 Å². The minimum absolute atomic E-state index is 0.127. The Labute approximate surface area is 134 Å². The molecule has 2 aromatic heterocycles. The summed E-state index contributed by atoms with van der Waals surface area (Å²) in [5, 5.41) is 4.27. The molecule has 0 bridgehead atoms. The van der Waals surface area contributed by atoms with Crippen LogP contribution in [0.3, 0.4) is 0 Å². The Kier molecular flexibility index (Phi) is 3.18. The quantitative estimate of drug-likeness (QED) is 0.777. The van der Waals surface area contributed by atoms with Crippen molar-refractivity contribution in [1.82, 2.24) is 15.3 Å². The molecule has 0 spiro atoms. The lowest BCUT2D eigenvalue weighted by Gasteiger charge is -2.16. The number of benzene rings is 1. The van der Waals surface area contributed by atoms with Crippen LogP contribution in [0.5, 0.6) is 0 Å². The molecular formula is C19H19N3O. The van der Waals surface area contributed by atoms with Crippen LogP contribution in [0, 0.1) is 6.92 Å². The summed E-state index contributed by atoms with van der Waals surface area (Å²) in [4.78, 5) is 20.3. The third-order valence-corrected chi connectivity index (χ3v) is 4.76. The van der Waals surface area contributed by atoms with Crippen molar-refractivity contribution in [2.24, 2.45) is 0 Å². The van der Waals surface area contributed by atoms with Crippen molar-refractivity contribution in [1.29, 1.82) is 0 Å². The summed E-state index contributed by atoms with van der Waals surface area (Å²) in [5.74, 6) is 0.127. The van der Waals surface area contributed by atoms with E-state index in [1.165, 1.54) is 10.9 Å². The first-order chi connectivity index (χ1) is 11.2. The van der Waals surface area contributed by atoms with Crippen molar-refractivity contribution in [3.63, 3.8) is 0 Å². The van der Waals surface area contributed by atoms with Gasteiger partial charge in [0.1, 0.15) is 0 Å². The van der Waals surface area contributed by atoms with Gasteiger partial charge in [0.25, 0.3) is 0 Å².